The molecule has 3 rings (SSSR count). The van der Waals surface area contributed by atoms with Crippen molar-refractivity contribution in [2.24, 2.45) is 0 Å². The zero-order chi connectivity index (χ0) is 19.4. The monoisotopic (exact) mass is 425 g/mol. The fraction of sp³-hybridized carbons (Fsp3) is 0.389. The number of rotatable bonds is 4. The Morgan fingerprint density at radius 1 is 1.37 bits per heavy atom. The maximum Gasteiger partial charge on any atom is 0.323 e. The Hall–Kier alpha value is -1.83. The molecule has 9 heteroatoms. The predicted molar refractivity (Wildman–Crippen MR) is 113 cm³/mol. The van der Waals surface area contributed by atoms with E-state index in [1.165, 1.54) is 11.3 Å². The Morgan fingerprint density at radius 2 is 2.11 bits per heavy atom. The summed E-state index contributed by atoms with van der Waals surface area (Å²) in [5, 5.41) is 4.87. The van der Waals surface area contributed by atoms with Gasteiger partial charge in [0, 0.05) is 37.4 Å². The van der Waals surface area contributed by atoms with Crippen molar-refractivity contribution in [3.8, 4) is 0 Å². The van der Waals surface area contributed by atoms with Crippen LogP contribution in [0.15, 0.2) is 23.4 Å². The quantitative estimate of drug-likeness (QED) is 0.760. The Bertz CT molecular complexity index is 846. The molecule has 0 bridgehead atoms. The Labute approximate surface area is 172 Å². The first-order valence-corrected chi connectivity index (χ1v) is 10.3. The molecule has 1 aliphatic rings. The second kappa shape index (κ2) is 8.91. The van der Waals surface area contributed by atoms with Crippen LogP contribution in [0.2, 0.25) is 5.02 Å². The van der Waals surface area contributed by atoms with Gasteiger partial charge in [-0.1, -0.05) is 41.5 Å². The fourth-order valence-corrected chi connectivity index (χ4v) is 4.08. The lowest BCUT2D eigenvalue weighted by atomic mass is 10.3. The molecule has 0 atom stereocenters. The molecule has 0 saturated carbocycles. The van der Waals surface area contributed by atoms with Gasteiger partial charge in [-0.15, -0.1) is 0 Å². The van der Waals surface area contributed by atoms with Crippen LogP contribution < -0.4 is 10.2 Å². The topological polar surface area (TPSA) is 61.4 Å². The van der Waals surface area contributed by atoms with Crippen LogP contribution in [0.1, 0.15) is 23.9 Å². The fourth-order valence-electron chi connectivity index (χ4n) is 2.74. The van der Waals surface area contributed by atoms with E-state index in [2.05, 4.69) is 20.2 Å². The minimum absolute atomic E-state index is 0.146. The highest BCUT2D eigenvalue weighted by Gasteiger charge is 2.23. The molecular formula is C18H21Cl2N5OS. The maximum absolute atomic E-state index is 12.6. The minimum Gasteiger partial charge on any atom is -0.352 e. The van der Waals surface area contributed by atoms with Gasteiger partial charge in [0.15, 0.2) is 5.13 Å². The van der Waals surface area contributed by atoms with Gasteiger partial charge in [0.25, 0.3) is 0 Å². The molecule has 2 amide bonds. The normalized spacial score (nSPS) is 15.2. The van der Waals surface area contributed by atoms with Crippen LogP contribution in [0.3, 0.4) is 0 Å². The SMILES string of the molecule is CC/C(Cl)=C\c1sc(NC(=O)N2CCN(c3ncccc3Cl)CC2)nc1C. The van der Waals surface area contributed by atoms with Crippen molar-refractivity contribution >= 4 is 57.6 Å². The second-order valence-electron chi connectivity index (χ2n) is 6.13. The number of halogens is 2. The van der Waals surface area contributed by atoms with Crippen LogP contribution in [-0.2, 0) is 0 Å². The highest BCUT2D eigenvalue weighted by Crippen LogP contribution is 2.27. The third-order valence-corrected chi connectivity index (χ3v) is 5.97. The standard InChI is InChI=1S/C18H21Cl2N5OS/c1-3-13(19)11-15-12(2)22-17(27-15)23-18(26)25-9-7-24(8-10-25)16-14(20)5-4-6-21-16/h4-6,11H,3,7-10H2,1-2H3,(H,22,23,26)/b13-11+. The number of hydrogen-bond acceptors (Lipinski definition) is 5. The summed E-state index contributed by atoms with van der Waals surface area (Å²) in [6, 6.07) is 3.49. The highest BCUT2D eigenvalue weighted by atomic mass is 35.5. The smallest absolute Gasteiger partial charge is 0.323 e. The number of urea groups is 1. The molecule has 2 aromatic rings. The lowest BCUT2D eigenvalue weighted by molar-refractivity contribution is 0.208. The Kier molecular flexibility index (Phi) is 6.57. The molecular weight excluding hydrogens is 405 g/mol. The number of aryl methyl sites for hydroxylation is 1. The molecule has 1 N–H and O–H groups in total. The van der Waals surface area contributed by atoms with Crippen LogP contribution in [0.25, 0.3) is 6.08 Å². The number of amides is 2. The van der Waals surface area contributed by atoms with Gasteiger partial charge in [0.05, 0.1) is 15.6 Å². The van der Waals surface area contributed by atoms with Crippen molar-refractivity contribution in [3.63, 3.8) is 0 Å². The third kappa shape index (κ3) is 4.91. The van der Waals surface area contributed by atoms with E-state index in [1.54, 1.807) is 11.1 Å². The van der Waals surface area contributed by atoms with Gasteiger partial charge in [-0.3, -0.25) is 5.32 Å². The molecule has 0 unspecified atom stereocenters. The van der Waals surface area contributed by atoms with E-state index in [9.17, 15) is 4.79 Å². The van der Waals surface area contributed by atoms with Crippen molar-refractivity contribution in [2.75, 3.05) is 36.4 Å². The van der Waals surface area contributed by atoms with E-state index in [1.807, 2.05) is 32.1 Å². The second-order valence-corrected chi connectivity index (χ2v) is 8.05. The molecule has 0 spiro atoms. The molecule has 144 valence electrons. The van der Waals surface area contributed by atoms with Crippen LogP contribution in [0.5, 0.6) is 0 Å². The van der Waals surface area contributed by atoms with E-state index in [0.717, 1.165) is 27.8 Å². The van der Waals surface area contributed by atoms with Crippen LogP contribution in [0.4, 0.5) is 15.7 Å². The molecule has 1 aliphatic heterocycles. The zero-order valence-corrected chi connectivity index (χ0v) is 17.5. The van der Waals surface area contributed by atoms with Gasteiger partial charge in [0.1, 0.15) is 5.82 Å². The molecule has 1 saturated heterocycles. The molecule has 6 nitrogen and oxygen atoms in total. The first kappa shape index (κ1) is 19.9. The minimum atomic E-state index is -0.146. The van der Waals surface area contributed by atoms with E-state index in [4.69, 9.17) is 23.2 Å². The molecule has 1 fully saturated rings. The van der Waals surface area contributed by atoms with Crippen molar-refractivity contribution in [1.29, 1.82) is 0 Å². The predicted octanol–water partition coefficient (Wildman–Crippen LogP) is 4.84. The van der Waals surface area contributed by atoms with Crippen molar-refractivity contribution in [2.45, 2.75) is 20.3 Å². The lowest BCUT2D eigenvalue weighted by Crippen LogP contribution is -2.50. The number of aromatic nitrogens is 2. The molecule has 0 aromatic carbocycles. The number of nitrogens with zero attached hydrogens (tertiary/aromatic N) is 4. The molecule has 2 aromatic heterocycles. The summed E-state index contributed by atoms with van der Waals surface area (Å²) in [4.78, 5) is 26.1. The summed E-state index contributed by atoms with van der Waals surface area (Å²) in [5.74, 6) is 0.763. The average Bonchev–Trinajstić information content (AvgIpc) is 3.01. The summed E-state index contributed by atoms with van der Waals surface area (Å²) in [6.45, 7) is 6.46. The first-order valence-electron chi connectivity index (χ1n) is 8.72. The molecule has 0 radical (unpaired) electrons. The van der Waals surface area contributed by atoms with Gasteiger partial charge in [-0.25, -0.2) is 14.8 Å². The number of nitrogens with one attached hydrogen (secondary N) is 1. The molecule has 0 aliphatic carbocycles. The molecule has 3 heterocycles. The largest absolute Gasteiger partial charge is 0.352 e. The summed E-state index contributed by atoms with van der Waals surface area (Å²) < 4.78 is 0. The van der Waals surface area contributed by atoms with E-state index < -0.39 is 0 Å². The van der Waals surface area contributed by atoms with Gasteiger partial charge in [-0.2, -0.15) is 0 Å². The number of carbonyl (C=O) groups is 1. The van der Waals surface area contributed by atoms with Crippen LogP contribution in [-0.4, -0.2) is 47.1 Å². The Balaban J connectivity index is 1.59. The van der Waals surface area contributed by atoms with Crippen molar-refractivity contribution in [3.05, 3.63) is 39.0 Å². The maximum atomic E-state index is 12.6. The van der Waals surface area contributed by atoms with E-state index in [0.29, 0.717) is 36.3 Å². The third-order valence-electron chi connectivity index (χ3n) is 4.28. The van der Waals surface area contributed by atoms with E-state index >= 15 is 0 Å². The van der Waals surface area contributed by atoms with Crippen LogP contribution >= 0.6 is 34.5 Å². The summed E-state index contributed by atoms with van der Waals surface area (Å²) >= 11 is 13.7. The van der Waals surface area contributed by atoms with Gasteiger partial charge < -0.3 is 9.80 Å². The van der Waals surface area contributed by atoms with Gasteiger partial charge in [-0.05, 0) is 31.6 Å². The van der Waals surface area contributed by atoms with Crippen molar-refractivity contribution < 1.29 is 4.79 Å². The summed E-state index contributed by atoms with van der Waals surface area (Å²) in [7, 11) is 0. The number of allylic oxidation sites excluding steroid dienone is 1. The lowest BCUT2D eigenvalue weighted by Gasteiger charge is -2.35. The highest BCUT2D eigenvalue weighted by molar-refractivity contribution is 7.16. The number of piperazine rings is 1. The van der Waals surface area contributed by atoms with E-state index in [-0.39, 0.29) is 6.03 Å². The average molecular weight is 426 g/mol. The number of anilines is 2. The number of thiazole rings is 1. The Morgan fingerprint density at radius 3 is 2.78 bits per heavy atom. The number of hydrogen-bond donors (Lipinski definition) is 1. The van der Waals surface area contributed by atoms with Crippen molar-refractivity contribution in [1.82, 2.24) is 14.9 Å². The zero-order valence-electron chi connectivity index (χ0n) is 15.2. The number of carbonyl (C=O) groups excluding carboxylic acids is 1. The van der Waals surface area contributed by atoms with Gasteiger partial charge >= 0.3 is 6.03 Å². The van der Waals surface area contributed by atoms with Gasteiger partial charge in [0.2, 0.25) is 0 Å². The van der Waals surface area contributed by atoms with Crippen LogP contribution in [0, 0.1) is 6.92 Å². The molecule has 27 heavy (non-hydrogen) atoms. The first-order chi connectivity index (χ1) is 13.0. The number of pyridine rings is 1. The summed E-state index contributed by atoms with van der Waals surface area (Å²) in [5.41, 5.74) is 0.858. The summed E-state index contributed by atoms with van der Waals surface area (Å²) in [6.07, 6.45) is 4.40.